The second kappa shape index (κ2) is 8.14. The van der Waals surface area contributed by atoms with Crippen LogP contribution >= 0.6 is 0 Å². The molecule has 0 radical (unpaired) electrons. The number of amides is 2. The lowest BCUT2D eigenvalue weighted by atomic mass is 10.1. The van der Waals surface area contributed by atoms with E-state index in [2.05, 4.69) is 15.5 Å². The fraction of sp³-hybridized carbons (Fsp3) is 0.238. The predicted molar refractivity (Wildman–Crippen MR) is 105 cm³/mol. The molecule has 3 aromatic rings. The van der Waals surface area contributed by atoms with Crippen molar-refractivity contribution in [2.24, 2.45) is 5.92 Å². The van der Waals surface area contributed by atoms with E-state index in [1.165, 1.54) is 0 Å². The number of hydrogen-bond donors (Lipinski definition) is 1. The van der Waals surface area contributed by atoms with Crippen molar-refractivity contribution in [3.8, 4) is 17.2 Å². The van der Waals surface area contributed by atoms with Crippen LogP contribution in [-0.2, 0) is 16.1 Å². The van der Waals surface area contributed by atoms with Gasteiger partial charge in [-0.15, -0.1) is 10.2 Å². The van der Waals surface area contributed by atoms with E-state index in [-0.39, 0.29) is 24.8 Å². The van der Waals surface area contributed by atoms with Crippen molar-refractivity contribution in [3.05, 3.63) is 60.5 Å². The second-order valence-electron chi connectivity index (χ2n) is 6.69. The molecule has 1 N–H and O–H groups in total. The van der Waals surface area contributed by atoms with E-state index in [1.807, 2.05) is 48.5 Å². The van der Waals surface area contributed by atoms with Gasteiger partial charge in [0.2, 0.25) is 23.6 Å². The summed E-state index contributed by atoms with van der Waals surface area (Å²) < 4.78 is 10.8. The minimum atomic E-state index is -0.413. The Hall–Kier alpha value is -3.68. The van der Waals surface area contributed by atoms with Crippen molar-refractivity contribution >= 4 is 17.5 Å². The summed E-state index contributed by atoms with van der Waals surface area (Å²) in [5.74, 6) is 0.639. The highest BCUT2D eigenvalue weighted by atomic mass is 16.5. The number of ether oxygens (including phenoxy) is 1. The van der Waals surface area contributed by atoms with Crippen LogP contribution in [0.15, 0.2) is 59.0 Å². The van der Waals surface area contributed by atoms with Gasteiger partial charge in [0.25, 0.3) is 0 Å². The van der Waals surface area contributed by atoms with Crippen molar-refractivity contribution in [2.45, 2.75) is 13.0 Å². The summed E-state index contributed by atoms with van der Waals surface area (Å²) in [5.41, 5.74) is 1.53. The zero-order chi connectivity index (χ0) is 20.2. The number of carbonyl (C=O) groups is 2. The fourth-order valence-corrected chi connectivity index (χ4v) is 3.25. The minimum absolute atomic E-state index is 0.0607. The first kappa shape index (κ1) is 18.7. The summed E-state index contributed by atoms with van der Waals surface area (Å²) in [4.78, 5) is 26.4. The SMILES string of the molecule is COc1cccc(-c2nnc(CNC(=O)C3CC(=O)N(c4ccccc4)C3)o2)c1. The van der Waals surface area contributed by atoms with Crippen molar-refractivity contribution in [1.82, 2.24) is 15.5 Å². The molecule has 2 amide bonds. The standard InChI is InChI=1S/C21H20N4O4/c1-28-17-9-5-6-14(10-17)21-24-23-18(29-21)12-22-20(27)15-11-19(26)25(13-15)16-7-3-2-4-8-16/h2-10,15H,11-13H2,1H3,(H,22,27). The molecule has 1 aliphatic rings. The van der Waals surface area contributed by atoms with Gasteiger partial charge < -0.3 is 19.4 Å². The molecule has 8 heteroatoms. The van der Waals surface area contributed by atoms with E-state index >= 15 is 0 Å². The maximum absolute atomic E-state index is 12.5. The lowest BCUT2D eigenvalue weighted by Crippen LogP contribution is -2.32. The van der Waals surface area contributed by atoms with Crippen molar-refractivity contribution in [3.63, 3.8) is 0 Å². The number of aromatic nitrogens is 2. The van der Waals surface area contributed by atoms with Gasteiger partial charge in [-0.05, 0) is 30.3 Å². The molecular formula is C21H20N4O4. The van der Waals surface area contributed by atoms with Crippen LogP contribution in [0.1, 0.15) is 12.3 Å². The summed E-state index contributed by atoms with van der Waals surface area (Å²) in [7, 11) is 1.58. The van der Waals surface area contributed by atoms with Gasteiger partial charge in [0, 0.05) is 24.2 Å². The lowest BCUT2D eigenvalue weighted by Gasteiger charge is -2.16. The highest BCUT2D eigenvalue weighted by molar-refractivity contribution is 6.00. The molecule has 148 valence electrons. The van der Waals surface area contributed by atoms with E-state index in [0.717, 1.165) is 11.3 Å². The fourth-order valence-electron chi connectivity index (χ4n) is 3.25. The van der Waals surface area contributed by atoms with Gasteiger partial charge in [0.1, 0.15) is 5.75 Å². The van der Waals surface area contributed by atoms with Crippen LogP contribution in [-0.4, -0.2) is 35.7 Å². The lowest BCUT2D eigenvalue weighted by molar-refractivity contribution is -0.126. The van der Waals surface area contributed by atoms with Crippen LogP contribution < -0.4 is 15.0 Å². The number of carbonyl (C=O) groups excluding carboxylic acids is 2. The third kappa shape index (κ3) is 4.11. The molecule has 4 rings (SSSR count). The molecule has 0 aliphatic carbocycles. The molecule has 0 spiro atoms. The van der Waals surface area contributed by atoms with Crippen LogP contribution in [0, 0.1) is 5.92 Å². The zero-order valence-electron chi connectivity index (χ0n) is 15.9. The van der Waals surface area contributed by atoms with Crippen LogP contribution in [0.4, 0.5) is 5.69 Å². The smallest absolute Gasteiger partial charge is 0.247 e. The third-order valence-electron chi connectivity index (χ3n) is 4.76. The number of rotatable bonds is 6. The number of nitrogens with zero attached hydrogens (tertiary/aromatic N) is 3. The molecule has 0 bridgehead atoms. The Balaban J connectivity index is 1.36. The Morgan fingerprint density at radius 1 is 1.21 bits per heavy atom. The molecule has 1 unspecified atom stereocenters. The van der Waals surface area contributed by atoms with E-state index in [0.29, 0.717) is 24.1 Å². The third-order valence-corrected chi connectivity index (χ3v) is 4.76. The topological polar surface area (TPSA) is 97.6 Å². The number of hydrogen-bond acceptors (Lipinski definition) is 6. The molecule has 1 atom stereocenters. The van der Waals surface area contributed by atoms with Crippen LogP contribution in [0.3, 0.4) is 0 Å². The minimum Gasteiger partial charge on any atom is -0.497 e. The molecule has 2 aromatic carbocycles. The summed E-state index contributed by atoms with van der Waals surface area (Å²) in [5, 5.41) is 10.8. The Morgan fingerprint density at radius 3 is 2.83 bits per heavy atom. The number of para-hydroxylation sites is 1. The average molecular weight is 392 g/mol. The molecular weight excluding hydrogens is 372 g/mol. The Labute approximate surface area is 167 Å². The van der Waals surface area contributed by atoms with Crippen LogP contribution in [0.5, 0.6) is 5.75 Å². The molecule has 1 aliphatic heterocycles. The van der Waals surface area contributed by atoms with Gasteiger partial charge in [-0.2, -0.15) is 0 Å². The Morgan fingerprint density at radius 2 is 2.03 bits per heavy atom. The molecule has 1 aromatic heterocycles. The number of anilines is 1. The Bertz CT molecular complexity index is 1020. The molecule has 8 nitrogen and oxygen atoms in total. The number of methoxy groups -OCH3 is 1. The highest BCUT2D eigenvalue weighted by Crippen LogP contribution is 2.25. The average Bonchev–Trinajstić information content (AvgIpc) is 3.39. The summed E-state index contributed by atoms with van der Waals surface area (Å²) >= 11 is 0. The van der Waals surface area contributed by atoms with Crippen LogP contribution in [0.2, 0.25) is 0 Å². The maximum atomic E-state index is 12.5. The molecule has 1 fully saturated rings. The van der Waals surface area contributed by atoms with Crippen molar-refractivity contribution < 1.29 is 18.7 Å². The van der Waals surface area contributed by atoms with E-state index in [4.69, 9.17) is 9.15 Å². The number of benzene rings is 2. The van der Waals surface area contributed by atoms with Crippen molar-refractivity contribution in [2.75, 3.05) is 18.6 Å². The van der Waals surface area contributed by atoms with Crippen molar-refractivity contribution in [1.29, 1.82) is 0 Å². The molecule has 0 saturated carbocycles. The van der Waals surface area contributed by atoms with Gasteiger partial charge >= 0.3 is 0 Å². The second-order valence-corrected chi connectivity index (χ2v) is 6.69. The predicted octanol–water partition coefficient (Wildman–Crippen LogP) is 2.41. The maximum Gasteiger partial charge on any atom is 0.247 e. The van der Waals surface area contributed by atoms with E-state index < -0.39 is 5.92 Å². The Kier molecular flexibility index (Phi) is 5.24. The normalized spacial score (nSPS) is 16.1. The molecule has 2 heterocycles. The van der Waals surface area contributed by atoms with Gasteiger partial charge in [-0.1, -0.05) is 24.3 Å². The van der Waals surface area contributed by atoms with Gasteiger partial charge in [-0.3, -0.25) is 9.59 Å². The van der Waals surface area contributed by atoms with Crippen LogP contribution in [0.25, 0.3) is 11.5 Å². The molecule has 1 saturated heterocycles. The zero-order valence-corrected chi connectivity index (χ0v) is 15.9. The highest BCUT2D eigenvalue weighted by Gasteiger charge is 2.35. The van der Waals surface area contributed by atoms with Gasteiger partial charge in [0.05, 0.1) is 19.6 Å². The summed E-state index contributed by atoms with van der Waals surface area (Å²) in [6.07, 6.45) is 0.180. The summed E-state index contributed by atoms with van der Waals surface area (Å²) in [6, 6.07) is 16.6. The first-order valence-corrected chi connectivity index (χ1v) is 9.24. The molecule has 29 heavy (non-hydrogen) atoms. The van der Waals surface area contributed by atoms with E-state index in [1.54, 1.807) is 18.1 Å². The quantitative estimate of drug-likeness (QED) is 0.692. The largest absolute Gasteiger partial charge is 0.497 e. The van der Waals surface area contributed by atoms with Gasteiger partial charge in [0.15, 0.2) is 0 Å². The van der Waals surface area contributed by atoms with Gasteiger partial charge in [-0.25, -0.2) is 0 Å². The summed E-state index contributed by atoms with van der Waals surface area (Å²) in [6.45, 7) is 0.458. The monoisotopic (exact) mass is 392 g/mol. The first-order chi connectivity index (χ1) is 14.1. The number of nitrogens with one attached hydrogen (secondary N) is 1. The first-order valence-electron chi connectivity index (χ1n) is 9.24. The van der Waals surface area contributed by atoms with E-state index in [9.17, 15) is 9.59 Å².